The number of hydrogen-bond donors (Lipinski definition) is 1. The van der Waals surface area contributed by atoms with Crippen molar-refractivity contribution in [2.45, 2.75) is 20.3 Å². The second kappa shape index (κ2) is 7.24. The molecule has 0 aliphatic rings. The Kier molecular flexibility index (Phi) is 6.30. The van der Waals surface area contributed by atoms with E-state index in [0.717, 1.165) is 5.57 Å². The molecule has 0 heterocycles. The maximum atomic E-state index is 9.24. The number of rotatable bonds is 5. The highest BCUT2D eigenvalue weighted by Crippen LogP contribution is 2.09. The fourth-order valence-corrected chi connectivity index (χ4v) is 0.722. The minimum atomic E-state index is 0.279. The largest absolute Gasteiger partial charge is 0.512 e. The molecule has 0 unspecified atom stereocenters. The lowest BCUT2D eigenvalue weighted by atomic mass is 10.2. The lowest BCUT2D eigenvalue weighted by molar-refractivity contribution is 0.395. The first kappa shape index (κ1) is 13.9. The standard InChI is InChI=1S/C13H16N2O/c1-5-13(16)7-6-11(3)12(4)15-9-10(2)8-14/h6-7,9,16H,2,4-5H2,1,3H3/b11-6+,13-7+,15-9?. The Morgan fingerprint density at radius 3 is 2.56 bits per heavy atom. The van der Waals surface area contributed by atoms with Crippen molar-refractivity contribution in [3.8, 4) is 6.07 Å². The lowest BCUT2D eigenvalue weighted by Gasteiger charge is -1.98. The van der Waals surface area contributed by atoms with E-state index in [1.54, 1.807) is 12.2 Å². The van der Waals surface area contributed by atoms with E-state index in [2.05, 4.69) is 18.2 Å². The van der Waals surface area contributed by atoms with Crippen molar-refractivity contribution in [2.75, 3.05) is 0 Å². The minimum absolute atomic E-state index is 0.279. The van der Waals surface area contributed by atoms with Crippen LogP contribution in [0.15, 0.2) is 52.9 Å². The first-order chi connectivity index (χ1) is 7.51. The zero-order chi connectivity index (χ0) is 12.6. The zero-order valence-electron chi connectivity index (χ0n) is 9.70. The Morgan fingerprint density at radius 2 is 2.06 bits per heavy atom. The monoisotopic (exact) mass is 216 g/mol. The Balaban J connectivity index is 4.59. The molecule has 0 radical (unpaired) electrons. The quantitative estimate of drug-likeness (QED) is 0.331. The molecule has 0 fully saturated rings. The number of hydrogen-bond acceptors (Lipinski definition) is 3. The molecule has 0 saturated heterocycles. The summed E-state index contributed by atoms with van der Waals surface area (Å²) in [6.45, 7) is 10.9. The molecule has 0 atom stereocenters. The number of aliphatic imine (C=N–C) groups is 1. The molecule has 0 aromatic carbocycles. The Morgan fingerprint density at radius 1 is 1.44 bits per heavy atom. The van der Waals surface area contributed by atoms with Crippen molar-refractivity contribution in [1.29, 1.82) is 5.26 Å². The zero-order valence-corrected chi connectivity index (χ0v) is 9.70. The van der Waals surface area contributed by atoms with Crippen LogP contribution in [0.3, 0.4) is 0 Å². The molecule has 0 aliphatic heterocycles. The van der Waals surface area contributed by atoms with E-state index in [0.29, 0.717) is 17.9 Å². The summed E-state index contributed by atoms with van der Waals surface area (Å²) in [4.78, 5) is 3.98. The lowest BCUT2D eigenvalue weighted by Crippen LogP contribution is -1.83. The van der Waals surface area contributed by atoms with Crippen molar-refractivity contribution in [3.63, 3.8) is 0 Å². The third kappa shape index (κ3) is 5.61. The number of allylic oxidation sites excluding steroid dienone is 5. The number of aliphatic hydroxyl groups excluding tert-OH is 1. The number of nitrogens with zero attached hydrogens (tertiary/aromatic N) is 2. The van der Waals surface area contributed by atoms with Gasteiger partial charge in [0.1, 0.15) is 6.07 Å². The van der Waals surface area contributed by atoms with E-state index in [-0.39, 0.29) is 5.57 Å². The highest BCUT2D eigenvalue weighted by molar-refractivity contribution is 5.83. The maximum absolute atomic E-state index is 9.24. The SMILES string of the molecule is C=C(C#N)C=NC(=C)/C(C)=C/C=C(/O)CC. The molecule has 16 heavy (non-hydrogen) atoms. The second-order valence-corrected chi connectivity index (χ2v) is 3.20. The molecule has 0 saturated carbocycles. The van der Waals surface area contributed by atoms with E-state index < -0.39 is 0 Å². The molecule has 0 spiro atoms. The molecule has 0 bridgehead atoms. The van der Waals surface area contributed by atoms with Crippen molar-refractivity contribution in [1.82, 2.24) is 0 Å². The van der Waals surface area contributed by atoms with Gasteiger partial charge in [-0.2, -0.15) is 5.26 Å². The van der Waals surface area contributed by atoms with E-state index >= 15 is 0 Å². The van der Waals surface area contributed by atoms with Gasteiger partial charge in [-0.3, -0.25) is 4.99 Å². The normalized spacial score (nSPS) is 12.6. The van der Waals surface area contributed by atoms with Gasteiger partial charge in [0.15, 0.2) is 0 Å². The van der Waals surface area contributed by atoms with Crippen LogP contribution in [-0.2, 0) is 0 Å². The average molecular weight is 216 g/mol. The number of nitriles is 1. The first-order valence-corrected chi connectivity index (χ1v) is 4.90. The summed E-state index contributed by atoms with van der Waals surface area (Å²) in [5.74, 6) is 0.303. The van der Waals surface area contributed by atoms with Gasteiger partial charge in [0.25, 0.3) is 0 Å². The topological polar surface area (TPSA) is 56.4 Å². The third-order valence-electron chi connectivity index (χ3n) is 1.86. The van der Waals surface area contributed by atoms with E-state index in [1.807, 2.05) is 19.9 Å². The van der Waals surface area contributed by atoms with Crippen LogP contribution < -0.4 is 0 Å². The summed E-state index contributed by atoms with van der Waals surface area (Å²) >= 11 is 0. The predicted octanol–water partition coefficient (Wildman–Crippen LogP) is 3.45. The molecule has 0 amide bonds. The summed E-state index contributed by atoms with van der Waals surface area (Å²) in [5.41, 5.74) is 1.64. The highest BCUT2D eigenvalue weighted by Gasteiger charge is 1.93. The predicted molar refractivity (Wildman–Crippen MR) is 67.1 cm³/mol. The summed E-state index contributed by atoms with van der Waals surface area (Å²) in [6, 6.07) is 1.86. The number of aliphatic hydroxyl groups is 1. The van der Waals surface area contributed by atoms with Crippen molar-refractivity contribution >= 4 is 6.21 Å². The van der Waals surface area contributed by atoms with Gasteiger partial charge in [-0.1, -0.05) is 26.2 Å². The van der Waals surface area contributed by atoms with Gasteiger partial charge >= 0.3 is 0 Å². The molecule has 0 aliphatic carbocycles. The summed E-state index contributed by atoms with van der Waals surface area (Å²) in [5, 5.41) is 17.7. The van der Waals surface area contributed by atoms with E-state index in [1.165, 1.54) is 6.21 Å². The molecule has 0 aromatic rings. The van der Waals surface area contributed by atoms with Gasteiger partial charge in [0.05, 0.1) is 17.0 Å². The Bertz CT molecular complexity index is 406. The summed E-state index contributed by atoms with van der Waals surface area (Å²) in [7, 11) is 0. The van der Waals surface area contributed by atoms with Crippen LogP contribution in [0.4, 0.5) is 0 Å². The third-order valence-corrected chi connectivity index (χ3v) is 1.86. The molecule has 1 N–H and O–H groups in total. The van der Waals surface area contributed by atoms with E-state index in [9.17, 15) is 5.11 Å². The van der Waals surface area contributed by atoms with Crippen LogP contribution in [0.2, 0.25) is 0 Å². The van der Waals surface area contributed by atoms with Gasteiger partial charge in [-0.05, 0) is 18.6 Å². The van der Waals surface area contributed by atoms with Gasteiger partial charge < -0.3 is 5.11 Å². The van der Waals surface area contributed by atoms with Crippen LogP contribution in [0.25, 0.3) is 0 Å². The molecular formula is C13H16N2O. The molecule has 3 heteroatoms. The molecule has 3 nitrogen and oxygen atoms in total. The fourth-order valence-electron chi connectivity index (χ4n) is 0.722. The highest BCUT2D eigenvalue weighted by atomic mass is 16.3. The van der Waals surface area contributed by atoms with Gasteiger partial charge in [0.2, 0.25) is 0 Å². The Labute approximate surface area is 96.4 Å². The average Bonchev–Trinajstić information content (AvgIpc) is 2.31. The smallest absolute Gasteiger partial charge is 0.100 e. The van der Waals surface area contributed by atoms with Crippen molar-refractivity contribution in [3.05, 3.63) is 47.9 Å². The first-order valence-electron chi connectivity index (χ1n) is 4.90. The molecule has 0 aromatic heterocycles. The van der Waals surface area contributed by atoms with Gasteiger partial charge in [0, 0.05) is 12.6 Å². The second-order valence-electron chi connectivity index (χ2n) is 3.20. The Hall–Kier alpha value is -2.08. The van der Waals surface area contributed by atoms with Crippen LogP contribution in [0.1, 0.15) is 20.3 Å². The van der Waals surface area contributed by atoms with E-state index in [4.69, 9.17) is 5.26 Å². The van der Waals surface area contributed by atoms with Crippen LogP contribution in [0.5, 0.6) is 0 Å². The summed E-state index contributed by atoms with van der Waals surface area (Å²) < 4.78 is 0. The summed E-state index contributed by atoms with van der Waals surface area (Å²) in [6.07, 6.45) is 5.29. The molecule has 84 valence electrons. The fraction of sp³-hybridized carbons (Fsp3) is 0.231. The van der Waals surface area contributed by atoms with Crippen molar-refractivity contribution in [2.24, 2.45) is 4.99 Å². The van der Waals surface area contributed by atoms with Crippen LogP contribution >= 0.6 is 0 Å². The van der Waals surface area contributed by atoms with Gasteiger partial charge in [-0.15, -0.1) is 0 Å². The van der Waals surface area contributed by atoms with Crippen LogP contribution in [0, 0.1) is 11.3 Å². The van der Waals surface area contributed by atoms with Crippen LogP contribution in [-0.4, -0.2) is 11.3 Å². The minimum Gasteiger partial charge on any atom is -0.512 e. The van der Waals surface area contributed by atoms with Gasteiger partial charge in [-0.25, -0.2) is 0 Å². The molecular weight excluding hydrogens is 200 g/mol. The van der Waals surface area contributed by atoms with Crippen molar-refractivity contribution < 1.29 is 5.11 Å². The molecule has 0 rings (SSSR count). The maximum Gasteiger partial charge on any atom is 0.100 e.